The molecule has 1 fully saturated rings. The van der Waals surface area contributed by atoms with Gasteiger partial charge in [-0.3, -0.25) is 0 Å². The zero-order valence-electron chi connectivity index (χ0n) is 9.62. The van der Waals surface area contributed by atoms with Crippen molar-refractivity contribution in [1.82, 2.24) is 0 Å². The second-order valence-corrected chi connectivity index (χ2v) is 7.17. The number of nitrogens with two attached hydrogens (primary N) is 1. The highest BCUT2D eigenvalue weighted by Gasteiger charge is 2.30. The van der Waals surface area contributed by atoms with E-state index in [0.717, 1.165) is 6.07 Å². The standard InChI is InChI=1S/C11H14ClFN2O2S/c12-8-4-11(10(14)5-9(8)13)15-6-7-2-1-3-18(7,16)17/h4-5,7,15H,1-3,6,14H2. The summed E-state index contributed by atoms with van der Waals surface area (Å²) in [5.41, 5.74) is 6.31. The molecule has 4 nitrogen and oxygen atoms in total. The minimum absolute atomic E-state index is 0.0408. The summed E-state index contributed by atoms with van der Waals surface area (Å²) in [5.74, 6) is -0.355. The molecule has 1 unspecified atom stereocenters. The maximum Gasteiger partial charge on any atom is 0.154 e. The first-order valence-electron chi connectivity index (χ1n) is 5.60. The SMILES string of the molecule is Nc1cc(F)c(Cl)cc1NCC1CCCS1(=O)=O. The molecule has 18 heavy (non-hydrogen) atoms. The third-order valence-corrected chi connectivity index (χ3v) is 5.64. The third kappa shape index (κ3) is 2.70. The maximum atomic E-state index is 13.1. The van der Waals surface area contributed by atoms with Crippen LogP contribution in [-0.2, 0) is 9.84 Å². The number of hydrogen-bond donors (Lipinski definition) is 2. The van der Waals surface area contributed by atoms with Crippen molar-refractivity contribution in [3.8, 4) is 0 Å². The monoisotopic (exact) mass is 292 g/mol. The normalized spacial score (nSPS) is 22.0. The van der Waals surface area contributed by atoms with Gasteiger partial charge in [0, 0.05) is 12.6 Å². The van der Waals surface area contributed by atoms with Crippen molar-refractivity contribution in [2.75, 3.05) is 23.3 Å². The van der Waals surface area contributed by atoms with Crippen LogP contribution in [0.5, 0.6) is 0 Å². The fourth-order valence-electron chi connectivity index (χ4n) is 2.03. The largest absolute Gasteiger partial charge is 0.397 e. The number of benzene rings is 1. The Labute approximate surface area is 110 Å². The van der Waals surface area contributed by atoms with Gasteiger partial charge < -0.3 is 11.1 Å². The molecule has 1 aliphatic rings. The molecule has 0 saturated carbocycles. The summed E-state index contributed by atoms with van der Waals surface area (Å²) < 4.78 is 36.4. The molecule has 100 valence electrons. The molecule has 1 aromatic rings. The van der Waals surface area contributed by atoms with Gasteiger partial charge in [-0.2, -0.15) is 0 Å². The fraction of sp³-hybridized carbons (Fsp3) is 0.455. The number of sulfone groups is 1. The Hall–Kier alpha value is -1.01. The second kappa shape index (κ2) is 4.93. The predicted molar refractivity (Wildman–Crippen MR) is 71.1 cm³/mol. The van der Waals surface area contributed by atoms with Crippen molar-refractivity contribution in [2.45, 2.75) is 18.1 Å². The van der Waals surface area contributed by atoms with Gasteiger partial charge in [0.1, 0.15) is 5.82 Å². The van der Waals surface area contributed by atoms with Gasteiger partial charge in [0.05, 0.1) is 27.4 Å². The van der Waals surface area contributed by atoms with E-state index in [1.165, 1.54) is 6.07 Å². The van der Waals surface area contributed by atoms with E-state index in [9.17, 15) is 12.8 Å². The lowest BCUT2D eigenvalue weighted by molar-refractivity contribution is 0.591. The van der Waals surface area contributed by atoms with Crippen molar-refractivity contribution in [3.05, 3.63) is 23.0 Å². The lowest BCUT2D eigenvalue weighted by Crippen LogP contribution is -2.25. The van der Waals surface area contributed by atoms with E-state index >= 15 is 0 Å². The maximum absolute atomic E-state index is 13.1. The Morgan fingerprint density at radius 3 is 2.83 bits per heavy atom. The van der Waals surface area contributed by atoms with E-state index in [1.807, 2.05) is 0 Å². The molecule has 1 atom stereocenters. The molecule has 1 saturated heterocycles. The summed E-state index contributed by atoms with van der Waals surface area (Å²) >= 11 is 5.65. The molecule has 1 aliphatic heterocycles. The third-order valence-electron chi connectivity index (χ3n) is 3.08. The zero-order valence-corrected chi connectivity index (χ0v) is 11.2. The van der Waals surface area contributed by atoms with Crippen molar-refractivity contribution >= 4 is 32.8 Å². The van der Waals surface area contributed by atoms with E-state index in [4.69, 9.17) is 17.3 Å². The van der Waals surface area contributed by atoms with Crippen LogP contribution in [0.25, 0.3) is 0 Å². The van der Waals surface area contributed by atoms with Gasteiger partial charge in [-0.1, -0.05) is 11.6 Å². The van der Waals surface area contributed by atoms with Gasteiger partial charge in [-0.25, -0.2) is 12.8 Å². The summed E-state index contributed by atoms with van der Waals surface area (Å²) in [5, 5.41) is 2.48. The lowest BCUT2D eigenvalue weighted by atomic mass is 10.2. The molecule has 7 heteroatoms. The molecular weight excluding hydrogens is 279 g/mol. The Morgan fingerprint density at radius 2 is 2.22 bits per heavy atom. The Kier molecular flexibility index (Phi) is 3.68. The van der Waals surface area contributed by atoms with Crippen LogP contribution in [0.4, 0.5) is 15.8 Å². The van der Waals surface area contributed by atoms with Crippen molar-refractivity contribution in [1.29, 1.82) is 0 Å². The second-order valence-electron chi connectivity index (χ2n) is 4.37. The van der Waals surface area contributed by atoms with E-state index in [1.54, 1.807) is 0 Å². The van der Waals surface area contributed by atoms with Crippen molar-refractivity contribution in [2.24, 2.45) is 0 Å². The van der Waals surface area contributed by atoms with Crippen LogP contribution in [0.2, 0.25) is 5.02 Å². The average molecular weight is 293 g/mol. The van der Waals surface area contributed by atoms with Gasteiger partial charge in [0.2, 0.25) is 0 Å². The molecule has 3 N–H and O–H groups in total. The van der Waals surface area contributed by atoms with E-state index < -0.39 is 20.9 Å². The first kappa shape index (κ1) is 13.4. The highest BCUT2D eigenvalue weighted by molar-refractivity contribution is 7.92. The van der Waals surface area contributed by atoms with Crippen molar-refractivity contribution < 1.29 is 12.8 Å². The summed E-state index contributed by atoms with van der Waals surface area (Å²) in [6.07, 6.45) is 1.33. The predicted octanol–water partition coefficient (Wildman–Crippen LogP) is 2.05. The summed E-state index contributed by atoms with van der Waals surface area (Å²) in [4.78, 5) is 0. The minimum atomic E-state index is -3.00. The fourth-order valence-corrected chi connectivity index (χ4v) is 3.96. The number of nitrogen functional groups attached to an aromatic ring is 1. The first-order chi connectivity index (χ1) is 8.40. The van der Waals surface area contributed by atoms with Crippen LogP contribution in [0.1, 0.15) is 12.8 Å². The Bertz CT molecular complexity index is 562. The Balaban J connectivity index is 2.09. The molecule has 0 aromatic heterocycles. The number of hydrogen-bond acceptors (Lipinski definition) is 4. The van der Waals surface area contributed by atoms with Crippen LogP contribution in [-0.4, -0.2) is 26.0 Å². The van der Waals surface area contributed by atoms with Crippen LogP contribution < -0.4 is 11.1 Å². The molecule has 0 spiro atoms. The molecular formula is C11H14ClFN2O2S. The van der Waals surface area contributed by atoms with E-state index in [0.29, 0.717) is 18.5 Å². The van der Waals surface area contributed by atoms with Crippen LogP contribution >= 0.6 is 11.6 Å². The average Bonchev–Trinajstić information content (AvgIpc) is 2.61. The number of halogens is 2. The topological polar surface area (TPSA) is 72.2 Å². The molecule has 0 amide bonds. The zero-order chi connectivity index (χ0) is 13.3. The molecule has 2 rings (SSSR count). The first-order valence-corrected chi connectivity index (χ1v) is 7.69. The van der Waals surface area contributed by atoms with Crippen molar-refractivity contribution in [3.63, 3.8) is 0 Å². The molecule has 0 radical (unpaired) electrons. The molecule has 0 aliphatic carbocycles. The van der Waals surface area contributed by atoms with E-state index in [-0.39, 0.29) is 23.0 Å². The van der Waals surface area contributed by atoms with Gasteiger partial charge in [0.25, 0.3) is 0 Å². The quantitative estimate of drug-likeness (QED) is 0.837. The highest BCUT2D eigenvalue weighted by atomic mass is 35.5. The Morgan fingerprint density at radius 1 is 1.50 bits per heavy atom. The summed E-state index contributed by atoms with van der Waals surface area (Å²) in [6.45, 7) is 0.272. The van der Waals surface area contributed by atoms with Gasteiger partial charge in [-0.15, -0.1) is 0 Å². The van der Waals surface area contributed by atoms with E-state index in [2.05, 4.69) is 5.32 Å². The molecule has 0 bridgehead atoms. The molecule has 1 heterocycles. The minimum Gasteiger partial charge on any atom is -0.397 e. The summed E-state index contributed by atoms with van der Waals surface area (Å²) in [7, 11) is -3.00. The van der Waals surface area contributed by atoms with Crippen LogP contribution in [0.3, 0.4) is 0 Å². The van der Waals surface area contributed by atoms with Crippen LogP contribution in [0.15, 0.2) is 12.1 Å². The van der Waals surface area contributed by atoms with Gasteiger partial charge in [0.15, 0.2) is 9.84 Å². The number of rotatable bonds is 3. The van der Waals surface area contributed by atoms with Gasteiger partial charge >= 0.3 is 0 Å². The number of nitrogens with one attached hydrogen (secondary N) is 1. The smallest absolute Gasteiger partial charge is 0.154 e. The highest BCUT2D eigenvalue weighted by Crippen LogP contribution is 2.27. The summed E-state index contributed by atoms with van der Waals surface area (Å²) in [6, 6.07) is 2.49. The van der Waals surface area contributed by atoms with Gasteiger partial charge in [-0.05, 0) is 18.9 Å². The number of anilines is 2. The molecule has 1 aromatic carbocycles. The van der Waals surface area contributed by atoms with Crippen LogP contribution in [0, 0.1) is 5.82 Å². The lowest BCUT2D eigenvalue weighted by Gasteiger charge is -2.14.